The minimum Gasteiger partial charge on any atom is -0.258 e. The summed E-state index contributed by atoms with van der Waals surface area (Å²) < 4.78 is 37.6. The molecular weight excluding hydrogens is 291 g/mol. The zero-order valence-corrected chi connectivity index (χ0v) is 9.67. The first-order valence-corrected chi connectivity index (χ1v) is 5.15. The van der Waals surface area contributed by atoms with Crippen LogP contribution in [-0.2, 0) is 6.18 Å². The van der Waals surface area contributed by atoms with Gasteiger partial charge in [0.05, 0.1) is 4.92 Å². The van der Waals surface area contributed by atoms with Crippen LogP contribution in [0.4, 0.5) is 18.9 Å². The third-order valence-corrected chi connectivity index (χ3v) is 2.48. The predicted octanol–water partition coefficient (Wildman–Crippen LogP) is 4.07. The fourth-order valence-electron chi connectivity index (χ4n) is 1.31. The van der Waals surface area contributed by atoms with Crippen LogP contribution in [0.3, 0.4) is 0 Å². The Morgan fingerprint density at radius 1 is 1.44 bits per heavy atom. The van der Waals surface area contributed by atoms with E-state index in [2.05, 4.69) is 15.9 Å². The molecule has 0 fully saturated rings. The fourth-order valence-corrected chi connectivity index (χ4v) is 1.68. The summed E-state index contributed by atoms with van der Waals surface area (Å²) in [7, 11) is 0. The van der Waals surface area contributed by atoms with Crippen molar-refractivity contribution in [1.29, 1.82) is 0 Å². The highest BCUT2D eigenvalue weighted by molar-refractivity contribution is 9.09. The van der Waals surface area contributed by atoms with Crippen molar-refractivity contribution in [2.45, 2.75) is 17.9 Å². The fraction of sp³-hybridized carbons (Fsp3) is 0.333. The van der Waals surface area contributed by atoms with Crippen LogP contribution < -0.4 is 0 Å². The van der Waals surface area contributed by atoms with Gasteiger partial charge in [0.2, 0.25) is 0 Å². The van der Waals surface area contributed by atoms with Crippen LogP contribution in [0.25, 0.3) is 0 Å². The summed E-state index contributed by atoms with van der Waals surface area (Å²) in [4.78, 5) is 9.16. The van der Waals surface area contributed by atoms with Gasteiger partial charge in [0.1, 0.15) is 5.56 Å². The molecule has 88 valence electrons. The molecule has 0 heterocycles. The number of hydrogen-bond acceptors (Lipinski definition) is 2. The van der Waals surface area contributed by atoms with E-state index in [1.54, 1.807) is 0 Å². The molecule has 1 unspecified atom stereocenters. The van der Waals surface area contributed by atoms with Gasteiger partial charge in [-0.25, -0.2) is 0 Å². The lowest BCUT2D eigenvalue weighted by Crippen LogP contribution is -2.10. The molecule has 0 radical (unpaired) electrons. The molecule has 0 bridgehead atoms. The third-order valence-electron chi connectivity index (χ3n) is 1.98. The number of benzene rings is 1. The Hall–Kier alpha value is -1.11. The van der Waals surface area contributed by atoms with Gasteiger partial charge in [0, 0.05) is 10.4 Å². The molecule has 1 rings (SSSR count). The first kappa shape index (κ1) is 13.0. The molecule has 16 heavy (non-hydrogen) atoms. The number of halogens is 4. The maximum Gasteiger partial charge on any atom is 0.423 e. The average molecular weight is 298 g/mol. The van der Waals surface area contributed by atoms with Crippen molar-refractivity contribution in [3.05, 3.63) is 39.4 Å². The lowest BCUT2D eigenvalue weighted by atomic mass is 10.0. The van der Waals surface area contributed by atoms with Crippen LogP contribution in [0.2, 0.25) is 0 Å². The lowest BCUT2D eigenvalue weighted by Gasteiger charge is -2.11. The van der Waals surface area contributed by atoms with Crippen LogP contribution in [0, 0.1) is 10.1 Å². The van der Waals surface area contributed by atoms with E-state index in [0.717, 1.165) is 6.07 Å². The van der Waals surface area contributed by atoms with Crippen LogP contribution in [-0.4, -0.2) is 4.92 Å². The van der Waals surface area contributed by atoms with E-state index < -0.39 is 27.2 Å². The standard InChI is InChI=1S/C9H7BrF3NO2/c1-5(10)6-3-2-4-7(9(11,12)13)8(6)14(15)16/h2-5H,1H3. The first-order chi connectivity index (χ1) is 7.25. The van der Waals surface area contributed by atoms with Crippen LogP contribution in [0.15, 0.2) is 18.2 Å². The Balaban J connectivity index is 3.52. The van der Waals surface area contributed by atoms with E-state index >= 15 is 0 Å². The number of rotatable bonds is 2. The minimum atomic E-state index is -4.72. The number of para-hydroxylation sites is 1. The van der Waals surface area contributed by atoms with Gasteiger partial charge in [-0.05, 0) is 13.0 Å². The Morgan fingerprint density at radius 2 is 2.00 bits per heavy atom. The first-order valence-electron chi connectivity index (χ1n) is 4.23. The molecule has 0 aliphatic carbocycles. The summed E-state index contributed by atoms with van der Waals surface area (Å²) in [5, 5.41) is 10.7. The Kier molecular flexibility index (Phi) is 3.57. The van der Waals surface area contributed by atoms with Gasteiger partial charge in [-0.1, -0.05) is 28.1 Å². The second-order valence-electron chi connectivity index (χ2n) is 3.11. The molecule has 7 heteroatoms. The second kappa shape index (κ2) is 4.40. The number of hydrogen-bond donors (Lipinski definition) is 0. The smallest absolute Gasteiger partial charge is 0.258 e. The molecule has 0 aromatic heterocycles. The van der Waals surface area contributed by atoms with Crippen molar-refractivity contribution in [2.24, 2.45) is 0 Å². The molecule has 3 nitrogen and oxygen atoms in total. The average Bonchev–Trinajstić information content (AvgIpc) is 2.14. The van der Waals surface area contributed by atoms with Gasteiger partial charge in [0.15, 0.2) is 0 Å². The summed E-state index contributed by atoms with van der Waals surface area (Å²) >= 11 is 3.03. The van der Waals surface area contributed by atoms with Crippen molar-refractivity contribution in [2.75, 3.05) is 0 Å². The topological polar surface area (TPSA) is 43.1 Å². The van der Waals surface area contributed by atoms with Gasteiger partial charge >= 0.3 is 6.18 Å². The van der Waals surface area contributed by atoms with E-state index in [1.165, 1.54) is 13.0 Å². The molecule has 1 atom stereocenters. The summed E-state index contributed by atoms with van der Waals surface area (Å²) in [5.41, 5.74) is -2.10. The Morgan fingerprint density at radius 3 is 2.38 bits per heavy atom. The van der Waals surface area contributed by atoms with Gasteiger partial charge in [-0.3, -0.25) is 10.1 Å². The van der Waals surface area contributed by atoms with Gasteiger partial charge in [-0.2, -0.15) is 13.2 Å². The SMILES string of the molecule is CC(Br)c1cccc(C(F)(F)F)c1[N+](=O)[O-]. The van der Waals surface area contributed by atoms with Gasteiger partial charge in [0.25, 0.3) is 5.69 Å². The van der Waals surface area contributed by atoms with Crippen LogP contribution >= 0.6 is 15.9 Å². The molecule has 0 saturated carbocycles. The number of nitro groups is 1. The highest BCUT2D eigenvalue weighted by atomic mass is 79.9. The van der Waals surface area contributed by atoms with Crippen molar-refractivity contribution in [3.63, 3.8) is 0 Å². The molecule has 0 N–H and O–H groups in total. The summed E-state index contributed by atoms with van der Waals surface area (Å²) in [6.45, 7) is 1.53. The largest absolute Gasteiger partial charge is 0.423 e. The molecule has 0 aliphatic rings. The maximum atomic E-state index is 12.5. The zero-order valence-electron chi connectivity index (χ0n) is 8.08. The number of nitrogens with zero attached hydrogens (tertiary/aromatic N) is 1. The number of nitro benzene ring substituents is 1. The molecular formula is C9H7BrF3NO2. The quantitative estimate of drug-likeness (QED) is 0.469. The summed E-state index contributed by atoms with van der Waals surface area (Å²) in [6.07, 6.45) is -4.72. The normalized spacial score (nSPS) is 13.6. The van der Waals surface area contributed by atoms with Crippen molar-refractivity contribution in [1.82, 2.24) is 0 Å². The zero-order chi connectivity index (χ0) is 12.5. The van der Waals surface area contributed by atoms with E-state index in [-0.39, 0.29) is 5.56 Å². The predicted molar refractivity (Wildman–Crippen MR) is 55.4 cm³/mol. The molecule has 0 aliphatic heterocycles. The van der Waals surface area contributed by atoms with E-state index in [4.69, 9.17) is 0 Å². The molecule has 1 aromatic rings. The maximum absolute atomic E-state index is 12.5. The molecule has 1 aromatic carbocycles. The van der Waals surface area contributed by atoms with Crippen molar-refractivity contribution >= 4 is 21.6 Å². The van der Waals surface area contributed by atoms with Crippen molar-refractivity contribution in [3.8, 4) is 0 Å². The lowest BCUT2D eigenvalue weighted by molar-refractivity contribution is -0.388. The van der Waals surface area contributed by atoms with Crippen molar-refractivity contribution < 1.29 is 18.1 Å². The summed E-state index contributed by atoms with van der Waals surface area (Å²) in [5.74, 6) is 0. The van der Waals surface area contributed by atoms with Crippen LogP contribution in [0.5, 0.6) is 0 Å². The number of alkyl halides is 4. The molecule has 0 amide bonds. The van der Waals surface area contributed by atoms with E-state index in [0.29, 0.717) is 6.07 Å². The third kappa shape index (κ3) is 2.52. The molecule has 0 saturated heterocycles. The highest BCUT2D eigenvalue weighted by Gasteiger charge is 2.39. The Labute approximate surface area is 97.5 Å². The van der Waals surface area contributed by atoms with Gasteiger partial charge in [-0.15, -0.1) is 0 Å². The van der Waals surface area contributed by atoms with E-state index in [9.17, 15) is 23.3 Å². The highest BCUT2D eigenvalue weighted by Crippen LogP contribution is 2.41. The van der Waals surface area contributed by atoms with Crippen LogP contribution in [0.1, 0.15) is 22.9 Å². The second-order valence-corrected chi connectivity index (χ2v) is 4.49. The Bertz CT molecular complexity index is 418. The summed E-state index contributed by atoms with van der Waals surface area (Å²) in [6, 6.07) is 3.16. The monoisotopic (exact) mass is 297 g/mol. The molecule has 0 spiro atoms. The van der Waals surface area contributed by atoms with Gasteiger partial charge < -0.3 is 0 Å². The van der Waals surface area contributed by atoms with E-state index in [1.807, 2.05) is 0 Å². The minimum absolute atomic E-state index is 0.0137.